The maximum atomic E-state index is 14.9. The predicted octanol–water partition coefficient (Wildman–Crippen LogP) is 4.28. The number of alkyl halides is 4. The zero-order chi connectivity index (χ0) is 21.4. The number of halogens is 6. The molecule has 3 rings (SSSR count). The molecule has 1 amide bonds. The number of pyridine rings is 1. The van der Waals surface area contributed by atoms with E-state index in [0.29, 0.717) is 0 Å². The highest BCUT2D eigenvalue weighted by molar-refractivity contribution is 9.10. The first-order valence-corrected chi connectivity index (χ1v) is 8.98. The van der Waals surface area contributed by atoms with E-state index in [0.717, 1.165) is 13.0 Å². The Morgan fingerprint density at radius 2 is 1.86 bits per heavy atom. The Balaban J connectivity index is 2.06. The fourth-order valence-corrected chi connectivity index (χ4v) is 3.09. The van der Waals surface area contributed by atoms with E-state index in [2.05, 4.69) is 36.0 Å². The normalized spacial score (nSPS) is 24.4. The Kier molecular flexibility index (Phi) is 5.61. The van der Waals surface area contributed by atoms with E-state index in [4.69, 9.17) is 0 Å². The van der Waals surface area contributed by atoms with Gasteiger partial charge in [0.15, 0.2) is 6.17 Å². The van der Waals surface area contributed by atoms with Gasteiger partial charge in [0.25, 0.3) is 11.9 Å². The Labute approximate surface area is 170 Å². The van der Waals surface area contributed by atoms with E-state index >= 15 is 0 Å². The van der Waals surface area contributed by atoms with Crippen LogP contribution in [0.15, 0.2) is 52.1 Å². The first kappa shape index (κ1) is 21.2. The highest BCUT2D eigenvalue weighted by Crippen LogP contribution is 2.42. The molecule has 0 aliphatic carbocycles. The average molecular weight is 478 g/mol. The number of carbonyl (C=O) groups excluding carboxylic acids is 1. The molecule has 0 fully saturated rings. The summed E-state index contributed by atoms with van der Waals surface area (Å²) in [4.78, 5) is 19.8. The number of amides is 1. The van der Waals surface area contributed by atoms with Crippen LogP contribution in [0.5, 0.6) is 0 Å². The lowest BCUT2D eigenvalue weighted by molar-refractivity contribution is -0.228. The van der Waals surface area contributed by atoms with Gasteiger partial charge in [0, 0.05) is 5.56 Å². The minimum Gasteiger partial charge on any atom is -0.449 e. The molecule has 0 radical (unpaired) electrons. The Morgan fingerprint density at radius 3 is 2.48 bits per heavy atom. The smallest absolute Gasteiger partial charge is 0.428 e. The van der Waals surface area contributed by atoms with E-state index in [9.17, 15) is 26.7 Å². The van der Waals surface area contributed by atoms with Gasteiger partial charge >= 0.3 is 6.18 Å². The lowest BCUT2D eigenvalue weighted by atomic mass is 9.87. The summed E-state index contributed by atoms with van der Waals surface area (Å²) in [6.07, 6.45) is -11.0. The fourth-order valence-electron chi connectivity index (χ4n) is 2.78. The van der Waals surface area contributed by atoms with Crippen LogP contribution in [0.1, 0.15) is 23.0 Å². The summed E-state index contributed by atoms with van der Waals surface area (Å²) in [6, 6.07) is 8.77. The molecule has 0 spiro atoms. The number of rotatable bonds is 2. The van der Waals surface area contributed by atoms with Crippen LogP contribution in [0, 0.1) is 5.82 Å². The van der Waals surface area contributed by atoms with E-state index in [1.54, 1.807) is 18.2 Å². The third-order valence-electron chi connectivity index (χ3n) is 4.25. The molecular formula is C18H13BrF5N3O2. The topological polar surface area (TPSA) is 63.6 Å². The van der Waals surface area contributed by atoms with Crippen LogP contribution >= 0.6 is 15.9 Å². The molecule has 1 aromatic heterocycles. The molecule has 2 heterocycles. The zero-order valence-corrected chi connectivity index (χ0v) is 16.3. The maximum Gasteiger partial charge on any atom is 0.428 e. The predicted molar refractivity (Wildman–Crippen MR) is 96.4 cm³/mol. The SMILES string of the molecule is C[C@]1(c2nc(Br)ccc2F)N=C(NC(=O)c2ccccc2)O[C@@H](C(F)(F)F)[C@@H]1F. The van der Waals surface area contributed by atoms with Crippen LogP contribution in [-0.2, 0) is 10.3 Å². The summed E-state index contributed by atoms with van der Waals surface area (Å²) in [5.74, 6) is -1.88. The second-order valence-electron chi connectivity index (χ2n) is 6.33. The van der Waals surface area contributed by atoms with Crippen LogP contribution in [-0.4, -0.2) is 35.4 Å². The van der Waals surface area contributed by atoms with Crippen LogP contribution in [0.25, 0.3) is 0 Å². The largest absolute Gasteiger partial charge is 0.449 e. The van der Waals surface area contributed by atoms with Crippen molar-refractivity contribution >= 4 is 27.9 Å². The number of amidine groups is 1. The number of nitrogens with zero attached hydrogens (tertiary/aromatic N) is 2. The molecule has 11 heteroatoms. The van der Waals surface area contributed by atoms with Crippen LogP contribution in [0.2, 0.25) is 0 Å². The minimum absolute atomic E-state index is 0.0717. The second-order valence-corrected chi connectivity index (χ2v) is 7.14. The van der Waals surface area contributed by atoms with Crippen LogP contribution in [0.3, 0.4) is 0 Å². The van der Waals surface area contributed by atoms with Crippen LogP contribution < -0.4 is 5.32 Å². The van der Waals surface area contributed by atoms with Crippen molar-refractivity contribution in [1.29, 1.82) is 0 Å². The molecule has 1 aromatic carbocycles. The summed E-state index contributed by atoms with van der Waals surface area (Å²) in [7, 11) is 0. The van der Waals surface area contributed by atoms with Gasteiger partial charge in [0.2, 0.25) is 6.10 Å². The van der Waals surface area contributed by atoms with E-state index in [1.165, 1.54) is 18.2 Å². The zero-order valence-electron chi connectivity index (χ0n) is 14.7. The average Bonchev–Trinajstić information content (AvgIpc) is 2.66. The van der Waals surface area contributed by atoms with E-state index < -0.39 is 47.4 Å². The van der Waals surface area contributed by atoms with Gasteiger partial charge in [-0.3, -0.25) is 10.1 Å². The number of aliphatic imine (C=N–C) groups is 1. The summed E-state index contributed by atoms with van der Waals surface area (Å²) in [6.45, 7) is 0.950. The van der Waals surface area contributed by atoms with Gasteiger partial charge in [-0.15, -0.1) is 0 Å². The minimum atomic E-state index is -5.15. The van der Waals surface area contributed by atoms with E-state index in [1.807, 2.05) is 0 Å². The van der Waals surface area contributed by atoms with E-state index in [-0.39, 0.29) is 10.2 Å². The quantitative estimate of drug-likeness (QED) is 0.518. The third kappa shape index (κ3) is 4.24. The second kappa shape index (κ2) is 7.69. The van der Waals surface area contributed by atoms with Crippen molar-refractivity contribution < 1.29 is 31.5 Å². The summed E-state index contributed by atoms with van der Waals surface area (Å²) >= 11 is 2.98. The van der Waals surface area contributed by atoms with Crippen molar-refractivity contribution in [2.24, 2.45) is 4.99 Å². The highest BCUT2D eigenvalue weighted by atomic mass is 79.9. The van der Waals surface area contributed by atoms with Crippen molar-refractivity contribution in [2.75, 3.05) is 0 Å². The molecule has 0 saturated heterocycles. The first-order valence-electron chi connectivity index (χ1n) is 8.18. The van der Waals surface area contributed by atoms with Gasteiger partial charge in [0.1, 0.15) is 21.7 Å². The van der Waals surface area contributed by atoms with Gasteiger partial charge in [-0.05, 0) is 47.1 Å². The van der Waals surface area contributed by atoms with Gasteiger partial charge in [-0.1, -0.05) is 18.2 Å². The standard InChI is InChI=1S/C18H13BrF5N3O2/c1-17(13-10(20)7-8-11(19)25-13)12(21)14(18(22,23)24)29-16(27-17)26-15(28)9-5-3-2-4-6-9/h2-8,12,14H,1H3,(H,26,27,28)/t12-,14+,17-/m0/s1. The molecule has 154 valence electrons. The van der Waals surface area contributed by atoms with Crippen molar-refractivity contribution in [3.63, 3.8) is 0 Å². The molecule has 3 atom stereocenters. The van der Waals surface area contributed by atoms with Gasteiger partial charge in [-0.25, -0.2) is 18.8 Å². The highest BCUT2D eigenvalue weighted by Gasteiger charge is 2.59. The number of hydrogen-bond donors (Lipinski definition) is 1. The van der Waals surface area contributed by atoms with Crippen LogP contribution in [0.4, 0.5) is 22.0 Å². The molecule has 29 heavy (non-hydrogen) atoms. The number of nitrogens with one attached hydrogen (secondary N) is 1. The van der Waals surface area contributed by atoms with Crippen molar-refractivity contribution in [3.05, 3.63) is 64.1 Å². The lowest BCUT2D eigenvalue weighted by Gasteiger charge is -2.39. The Morgan fingerprint density at radius 1 is 1.21 bits per heavy atom. The molecular weight excluding hydrogens is 465 g/mol. The van der Waals surface area contributed by atoms with Crippen molar-refractivity contribution in [3.8, 4) is 0 Å². The number of hydrogen-bond acceptors (Lipinski definition) is 4. The third-order valence-corrected chi connectivity index (χ3v) is 4.69. The monoisotopic (exact) mass is 477 g/mol. The Hall–Kier alpha value is -2.56. The lowest BCUT2D eigenvalue weighted by Crippen LogP contribution is -2.56. The van der Waals surface area contributed by atoms with Gasteiger partial charge in [-0.2, -0.15) is 13.2 Å². The Bertz CT molecular complexity index is 954. The number of carbonyl (C=O) groups is 1. The summed E-state index contributed by atoms with van der Waals surface area (Å²) in [5.41, 5.74) is -2.97. The summed E-state index contributed by atoms with van der Waals surface area (Å²) in [5, 5.41) is 2.08. The van der Waals surface area contributed by atoms with Gasteiger partial charge in [0.05, 0.1) is 0 Å². The number of benzene rings is 1. The van der Waals surface area contributed by atoms with Gasteiger partial charge < -0.3 is 4.74 Å². The van der Waals surface area contributed by atoms with Crippen molar-refractivity contribution in [1.82, 2.24) is 10.3 Å². The number of aromatic nitrogens is 1. The maximum absolute atomic E-state index is 14.9. The molecule has 2 aromatic rings. The first-order chi connectivity index (χ1) is 13.5. The van der Waals surface area contributed by atoms with Crippen molar-refractivity contribution in [2.45, 2.75) is 30.9 Å². The molecule has 0 unspecified atom stereocenters. The molecule has 1 aliphatic rings. The molecule has 1 aliphatic heterocycles. The molecule has 0 saturated carbocycles. The number of ether oxygens (including phenoxy) is 1. The summed E-state index contributed by atoms with van der Waals surface area (Å²) < 4.78 is 74.2. The fraction of sp³-hybridized carbons (Fsp3) is 0.278. The molecule has 1 N–H and O–H groups in total. The molecule has 5 nitrogen and oxygen atoms in total. The molecule has 0 bridgehead atoms.